The molecule has 0 aliphatic carbocycles. The number of fused-ring (bicyclic) bond motifs is 1. The molecule has 3 rings (SSSR count). The summed E-state index contributed by atoms with van der Waals surface area (Å²) in [5, 5.41) is 2.79. The second-order valence-corrected chi connectivity index (χ2v) is 5.69. The quantitative estimate of drug-likeness (QED) is 0.660. The van der Waals surface area contributed by atoms with E-state index >= 15 is 0 Å². The Morgan fingerprint density at radius 3 is 2.62 bits per heavy atom. The van der Waals surface area contributed by atoms with Crippen LogP contribution in [0, 0.1) is 0 Å². The summed E-state index contributed by atoms with van der Waals surface area (Å²) in [4.78, 5) is 23.3. The number of carbonyl (C=O) groups excluding carboxylic acids is 2. The van der Waals surface area contributed by atoms with Crippen LogP contribution >= 0.6 is 0 Å². The van der Waals surface area contributed by atoms with Crippen LogP contribution in [0.25, 0.3) is 6.08 Å². The first-order valence-electron chi connectivity index (χ1n) is 8.18. The van der Waals surface area contributed by atoms with E-state index in [9.17, 15) is 9.59 Å². The monoisotopic (exact) mass is 353 g/mol. The highest BCUT2D eigenvalue weighted by atomic mass is 16.6. The van der Waals surface area contributed by atoms with E-state index < -0.39 is 5.97 Å². The number of benzene rings is 2. The Morgan fingerprint density at radius 1 is 1.15 bits per heavy atom. The van der Waals surface area contributed by atoms with Gasteiger partial charge in [-0.1, -0.05) is 24.3 Å². The normalized spacial score (nSPS) is 15.5. The second-order valence-electron chi connectivity index (χ2n) is 5.69. The predicted octanol–water partition coefficient (Wildman–Crippen LogP) is 2.44. The lowest BCUT2D eigenvalue weighted by Crippen LogP contribution is -2.40. The van der Waals surface area contributed by atoms with Gasteiger partial charge in [0.2, 0.25) is 5.91 Å². The third kappa shape index (κ3) is 4.42. The molecule has 6 heteroatoms. The maximum absolute atomic E-state index is 12.0. The van der Waals surface area contributed by atoms with Crippen LogP contribution in [0.2, 0.25) is 0 Å². The van der Waals surface area contributed by atoms with E-state index in [1.54, 1.807) is 30.3 Å². The van der Waals surface area contributed by atoms with Crippen LogP contribution in [0.3, 0.4) is 0 Å². The SMILES string of the molecule is COC(=O)c1ccc(/C=C/C(=O)NC[C@H]2COc3ccccc3O2)cc1. The van der Waals surface area contributed by atoms with Gasteiger partial charge in [-0.3, -0.25) is 4.79 Å². The predicted molar refractivity (Wildman–Crippen MR) is 96.2 cm³/mol. The maximum atomic E-state index is 12.0. The Kier molecular flexibility index (Phi) is 5.53. The van der Waals surface area contributed by atoms with Gasteiger partial charge in [0, 0.05) is 6.08 Å². The van der Waals surface area contributed by atoms with Gasteiger partial charge >= 0.3 is 5.97 Å². The third-order valence-electron chi connectivity index (χ3n) is 3.83. The molecule has 2 aromatic carbocycles. The standard InChI is InChI=1S/C20H19NO5/c1-24-20(23)15-9-6-14(7-10-15)8-11-19(22)21-12-16-13-25-17-4-2-3-5-18(17)26-16/h2-11,16H,12-13H2,1H3,(H,21,22)/b11-8+/t16-/m0/s1. The minimum Gasteiger partial charge on any atom is -0.486 e. The Labute approximate surface area is 151 Å². The van der Waals surface area contributed by atoms with Gasteiger partial charge < -0.3 is 19.5 Å². The van der Waals surface area contributed by atoms with Crippen LogP contribution in [0.5, 0.6) is 11.5 Å². The van der Waals surface area contributed by atoms with E-state index in [0.717, 1.165) is 5.56 Å². The number of nitrogens with one attached hydrogen (secondary N) is 1. The molecule has 1 atom stereocenters. The molecule has 1 aliphatic heterocycles. The average molecular weight is 353 g/mol. The maximum Gasteiger partial charge on any atom is 0.337 e. The van der Waals surface area contributed by atoms with Crippen molar-refractivity contribution in [3.63, 3.8) is 0 Å². The Balaban J connectivity index is 1.48. The minimum absolute atomic E-state index is 0.232. The zero-order valence-corrected chi connectivity index (χ0v) is 14.3. The molecule has 6 nitrogen and oxygen atoms in total. The molecule has 0 aromatic heterocycles. The van der Waals surface area contributed by atoms with Gasteiger partial charge in [-0.25, -0.2) is 4.79 Å². The van der Waals surface area contributed by atoms with Crippen molar-refractivity contribution in [3.8, 4) is 11.5 Å². The fourth-order valence-corrected chi connectivity index (χ4v) is 2.46. The van der Waals surface area contributed by atoms with Gasteiger partial charge in [-0.05, 0) is 35.9 Å². The lowest BCUT2D eigenvalue weighted by molar-refractivity contribution is -0.116. The molecule has 2 aromatic rings. The third-order valence-corrected chi connectivity index (χ3v) is 3.83. The summed E-state index contributed by atoms with van der Waals surface area (Å²) in [6.45, 7) is 0.731. The highest BCUT2D eigenvalue weighted by Crippen LogP contribution is 2.30. The number of amides is 1. The zero-order chi connectivity index (χ0) is 18.4. The van der Waals surface area contributed by atoms with Gasteiger partial charge in [-0.15, -0.1) is 0 Å². The van der Waals surface area contributed by atoms with E-state index in [1.807, 2.05) is 24.3 Å². The summed E-state index contributed by atoms with van der Waals surface area (Å²) in [6.07, 6.45) is 2.87. The molecular weight excluding hydrogens is 334 g/mol. The first kappa shape index (κ1) is 17.5. The summed E-state index contributed by atoms with van der Waals surface area (Å²) in [6, 6.07) is 14.2. The molecule has 0 saturated carbocycles. The van der Waals surface area contributed by atoms with Gasteiger partial charge in [0.05, 0.1) is 19.2 Å². The highest BCUT2D eigenvalue weighted by Gasteiger charge is 2.20. The number of esters is 1. The molecule has 0 unspecified atom stereocenters. The van der Waals surface area contributed by atoms with Crippen molar-refractivity contribution in [1.82, 2.24) is 5.32 Å². The number of hydrogen-bond acceptors (Lipinski definition) is 5. The smallest absolute Gasteiger partial charge is 0.337 e. The molecule has 0 saturated heterocycles. The van der Waals surface area contributed by atoms with Crippen molar-refractivity contribution in [1.29, 1.82) is 0 Å². The van der Waals surface area contributed by atoms with E-state index in [1.165, 1.54) is 13.2 Å². The molecule has 26 heavy (non-hydrogen) atoms. The topological polar surface area (TPSA) is 73.9 Å². The van der Waals surface area contributed by atoms with Crippen molar-refractivity contribution >= 4 is 18.0 Å². The largest absolute Gasteiger partial charge is 0.486 e. The summed E-state index contributed by atoms with van der Waals surface area (Å²) in [7, 11) is 1.33. The van der Waals surface area contributed by atoms with Gasteiger partial charge in [0.1, 0.15) is 12.7 Å². The summed E-state index contributed by atoms with van der Waals surface area (Å²) >= 11 is 0. The number of hydrogen-bond donors (Lipinski definition) is 1. The van der Waals surface area contributed by atoms with E-state index in [2.05, 4.69) is 10.1 Å². The van der Waals surface area contributed by atoms with Crippen LogP contribution < -0.4 is 14.8 Å². The van der Waals surface area contributed by atoms with Crippen LogP contribution in [0.15, 0.2) is 54.6 Å². The number of para-hydroxylation sites is 2. The number of methoxy groups -OCH3 is 1. The van der Waals surface area contributed by atoms with Crippen molar-refractivity contribution in [3.05, 3.63) is 65.7 Å². The van der Waals surface area contributed by atoms with Gasteiger partial charge in [0.25, 0.3) is 0 Å². The Bertz CT molecular complexity index is 813. The van der Waals surface area contributed by atoms with Crippen LogP contribution in [-0.2, 0) is 9.53 Å². The van der Waals surface area contributed by atoms with E-state index in [4.69, 9.17) is 9.47 Å². The number of rotatable bonds is 5. The van der Waals surface area contributed by atoms with Crippen LogP contribution in [0.4, 0.5) is 0 Å². The molecule has 0 spiro atoms. The first-order valence-corrected chi connectivity index (χ1v) is 8.18. The molecule has 0 radical (unpaired) electrons. The molecule has 1 N–H and O–H groups in total. The lowest BCUT2D eigenvalue weighted by Gasteiger charge is -2.26. The van der Waals surface area contributed by atoms with E-state index in [-0.39, 0.29) is 12.0 Å². The Morgan fingerprint density at radius 2 is 1.88 bits per heavy atom. The average Bonchev–Trinajstić information content (AvgIpc) is 2.70. The molecule has 1 amide bonds. The summed E-state index contributed by atoms with van der Waals surface area (Å²) in [5.41, 5.74) is 1.27. The minimum atomic E-state index is -0.394. The second kappa shape index (κ2) is 8.20. The van der Waals surface area contributed by atoms with Gasteiger partial charge in [-0.2, -0.15) is 0 Å². The molecular formula is C20H19NO5. The molecule has 0 bridgehead atoms. The highest BCUT2D eigenvalue weighted by molar-refractivity contribution is 5.92. The van der Waals surface area contributed by atoms with E-state index in [0.29, 0.717) is 30.2 Å². The summed E-state index contributed by atoms with van der Waals surface area (Å²) in [5.74, 6) is 0.767. The number of ether oxygens (including phenoxy) is 3. The van der Waals surface area contributed by atoms with Crippen molar-refractivity contribution < 1.29 is 23.8 Å². The lowest BCUT2D eigenvalue weighted by atomic mass is 10.1. The molecule has 0 fully saturated rings. The fourth-order valence-electron chi connectivity index (χ4n) is 2.46. The molecule has 1 aliphatic rings. The van der Waals surface area contributed by atoms with Crippen molar-refractivity contribution in [2.24, 2.45) is 0 Å². The number of carbonyl (C=O) groups is 2. The van der Waals surface area contributed by atoms with Crippen molar-refractivity contribution in [2.75, 3.05) is 20.3 Å². The molecule has 1 heterocycles. The van der Waals surface area contributed by atoms with Gasteiger partial charge in [0.15, 0.2) is 11.5 Å². The van der Waals surface area contributed by atoms with Crippen LogP contribution in [-0.4, -0.2) is 38.2 Å². The zero-order valence-electron chi connectivity index (χ0n) is 14.3. The van der Waals surface area contributed by atoms with Crippen molar-refractivity contribution in [2.45, 2.75) is 6.10 Å². The first-order chi connectivity index (χ1) is 12.7. The Hall–Kier alpha value is -3.28. The molecule has 134 valence electrons. The fraction of sp³-hybridized carbons (Fsp3) is 0.200. The summed E-state index contributed by atoms with van der Waals surface area (Å²) < 4.78 is 16.0. The van der Waals surface area contributed by atoms with Crippen LogP contribution in [0.1, 0.15) is 15.9 Å².